The molecule has 1 aliphatic heterocycles. The predicted octanol–water partition coefficient (Wildman–Crippen LogP) is 2.98. The second-order valence-electron chi connectivity index (χ2n) is 7.82. The van der Waals surface area contributed by atoms with Crippen molar-refractivity contribution in [3.63, 3.8) is 0 Å². The van der Waals surface area contributed by atoms with Crippen molar-refractivity contribution in [3.05, 3.63) is 40.5 Å². The molecule has 0 aliphatic carbocycles. The molecule has 180 valence electrons. The Morgan fingerprint density at radius 1 is 1.30 bits per heavy atom. The number of urea groups is 1. The van der Waals surface area contributed by atoms with Gasteiger partial charge in [0.25, 0.3) is 0 Å². The summed E-state index contributed by atoms with van der Waals surface area (Å²) < 4.78 is 37.1. The molecule has 1 fully saturated rings. The van der Waals surface area contributed by atoms with Gasteiger partial charge >= 0.3 is 12.0 Å². The number of amides is 2. The highest BCUT2D eigenvalue weighted by atomic mass is 32.1. The molecule has 3 rings (SSSR count). The van der Waals surface area contributed by atoms with E-state index < -0.39 is 35.8 Å². The molecular weight excluding hydrogens is 458 g/mol. The van der Waals surface area contributed by atoms with Gasteiger partial charge in [-0.1, -0.05) is 0 Å². The fraction of sp³-hybridized carbons (Fsp3) is 0.476. The first kappa shape index (κ1) is 24.8. The van der Waals surface area contributed by atoms with Gasteiger partial charge in [-0.2, -0.15) is 4.37 Å². The number of carboxylic acids is 1. The van der Waals surface area contributed by atoms with Gasteiger partial charge < -0.3 is 25.2 Å². The first-order valence-corrected chi connectivity index (χ1v) is 11.3. The number of β-amino-alcohol motifs (C(OH)–C–C–N with tert-alkyl or cyclic N) is 1. The topological polar surface area (TPSA) is 124 Å². The van der Waals surface area contributed by atoms with E-state index in [0.717, 1.165) is 44.5 Å². The summed E-state index contributed by atoms with van der Waals surface area (Å²) in [5.41, 5.74) is -0.336. The number of anilines is 1. The summed E-state index contributed by atoms with van der Waals surface area (Å²) >= 11 is 0.694. The van der Waals surface area contributed by atoms with Crippen LogP contribution in [0.1, 0.15) is 40.7 Å². The summed E-state index contributed by atoms with van der Waals surface area (Å²) in [6, 6.07) is 1.69. The van der Waals surface area contributed by atoms with E-state index in [1.165, 1.54) is 0 Å². The normalized spacial score (nSPS) is 16.1. The van der Waals surface area contributed by atoms with Gasteiger partial charge in [-0.3, -0.25) is 5.32 Å². The van der Waals surface area contributed by atoms with E-state index >= 15 is 0 Å². The first-order valence-electron chi connectivity index (χ1n) is 10.5. The molecule has 2 amide bonds. The monoisotopic (exact) mass is 484 g/mol. The van der Waals surface area contributed by atoms with Gasteiger partial charge in [-0.15, -0.1) is 0 Å². The quantitative estimate of drug-likeness (QED) is 0.382. The number of aromatic nitrogens is 1. The van der Waals surface area contributed by atoms with Crippen LogP contribution in [-0.2, 0) is 6.61 Å². The number of aromatic carboxylic acids is 1. The number of carbonyl (C=O) groups is 2. The van der Waals surface area contributed by atoms with E-state index in [1.54, 1.807) is 6.92 Å². The number of hydrogen-bond donors (Lipinski definition) is 4. The minimum atomic E-state index is -1.40. The third-order valence-electron chi connectivity index (χ3n) is 5.17. The molecule has 0 saturated carbocycles. The number of rotatable bonds is 10. The summed E-state index contributed by atoms with van der Waals surface area (Å²) in [4.78, 5) is 26.0. The van der Waals surface area contributed by atoms with Crippen LogP contribution in [0.2, 0.25) is 0 Å². The van der Waals surface area contributed by atoms with Crippen LogP contribution in [0.15, 0.2) is 12.1 Å². The van der Waals surface area contributed by atoms with Crippen LogP contribution in [-0.4, -0.2) is 63.8 Å². The number of halogens is 2. The van der Waals surface area contributed by atoms with E-state index in [9.17, 15) is 28.6 Å². The van der Waals surface area contributed by atoms with Crippen molar-refractivity contribution in [1.29, 1.82) is 0 Å². The van der Waals surface area contributed by atoms with E-state index in [2.05, 4.69) is 19.9 Å². The lowest BCUT2D eigenvalue weighted by Gasteiger charge is -2.14. The highest BCUT2D eigenvalue weighted by Gasteiger charge is 2.24. The van der Waals surface area contributed by atoms with Crippen molar-refractivity contribution in [2.24, 2.45) is 0 Å². The zero-order valence-corrected chi connectivity index (χ0v) is 18.9. The Morgan fingerprint density at radius 2 is 2.03 bits per heavy atom. The molecule has 12 heteroatoms. The van der Waals surface area contributed by atoms with Crippen LogP contribution in [0, 0.1) is 18.6 Å². The number of ether oxygens (including phenoxy) is 1. The van der Waals surface area contributed by atoms with Crippen molar-refractivity contribution in [3.8, 4) is 5.88 Å². The second kappa shape index (κ2) is 11.3. The standard InChI is InChI=1S/C21H26F2N4O5S/c1-12-8-15(22)14(16(23)9-12)11-32-18-17(20(29)30)19(33-26-18)25-21(31)24-5-2-3-6-27-7-4-13(28)10-27/h8-9,13,28H,2-7,10-11H2,1H3,(H,29,30)(H2,24,25,31). The molecule has 1 saturated heterocycles. The maximum Gasteiger partial charge on any atom is 0.344 e. The van der Waals surface area contributed by atoms with Crippen LogP contribution >= 0.6 is 11.5 Å². The lowest BCUT2D eigenvalue weighted by Crippen LogP contribution is -2.30. The van der Waals surface area contributed by atoms with Gasteiger partial charge in [0.05, 0.1) is 11.7 Å². The highest BCUT2D eigenvalue weighted by molar-refractivity contribution is 7.11. The summed E-state index contributed by atoms with van der Waals surface area (Å²) in [6.45, 7) is 3.75. The summed E-state index contributed by atoms with van der Waals surface area (Å²) in [7, 11) is 0. The number of unbranched alkanes of at least 4 members (excludes halogenated alkanes) is 1. The average Bonchev–Trinajstić information content (AvgIpc) is 3.32. The summed E-state index contributed by atoms with van der Waals surface area (Å²) in [5, 5.41) is 24.0. The van der Waals surface area contributed by atoms with E-state index in [0.29, 0.717) is 30.2 Å². The van der Waals surface area contributed by atoms with Crippen LogP contribution in [0.4, 0.5) is 18.6 Å². The number of hydrogen-bond acceptors (Lipinski definition) is 7. The molecule has 1 aliphatic rings. The van der Waals surface area contributed by atoms with Crippen LogP contribution in [0.3, 0.4) is 0 Å². The van der Waals surface area contributed by atoms with Gasteiger partial charge in [0.15, 0.2) is 5.56 Å². The fourth-order valence-electron chi connectivity index (χ4n) is 3.48. The van der Waals surface area contributed by atoms with Crippen LogP contribution in [0.5, 0.6) is 5.88 Å². The highest BCUT2D eigenvalue weighted by Crippen LogP contribution is 2.31. The number of carboxylic acid groups (broad SMARTS) is 1. The number of likely N-dealkylation sites (tertiary alicyclic amines) is 1. The lowest BCUT2D eigenvalue weighted by molar-refractivity contribution is 0.0693. The summed E-state index contributed by atoms with van der Waals surface area (Å²) in [5.74, 6) is -3.35. The molecule has 1 aromatic carbocycles. The molecule has 0 radical (unpaired) electrons. The molecule has 4 N–H and O–H groups in total. The zero-order chi connectivity index (χ0) is 24.0. The lowest BCUT2D eigenvalue weighted by atomic mass is 10.1. The molecule has 2 aromatic rings. The number of carbonyl (C=O) groups excluding carboxylic acids is 1. The Hall–Kier alpha value is -2.83. The van der Waals surface area contributed by atoms with Crippen molar-refractivity contribution in [2.45, 2.75) is 38.9 Å². The maximum atomic E-state index is 14.0. The van der Waals surface area contributed by atoms with Gasteiger partial charge in [-0.25, -0.2) is 18.4 Å². The number of aliphatic hydroxyl groups excluding tert-OH is 1. The Labute approximate surface area is 193 Å². The first-order chi connectivity index (χ1) is 15.7. The third-order valence-corrected chi connectivity index (χ3v) is 5.92. The van der Waals surface area contributed by atoms with Gasteiger partial charge in [0.2, 0.25) is 5.88 Å². The molecule has 9 nitrogen and oxygen atoms in total. The van der Waals surface area contributed by atoms with Crippen LogP contribution in [0.25, 0.3) is 0 Å². The van der Waals surface area contributed by atoms with Crippen molar-refractivity contribution < 1.29 is 33.3 Å². The SMILES string of the molecule is Cc1cc(F)c(COc2nsc(NC(=O)NCCCCN3CCC(O)C3)c2C(=O)O)c(F)c1. The zero-order valence-electron chi connectivity index (χ0n) is 18.1. The van der Waals surface area contributed by atoms with E-state index in [4.69, 9.17) is 4.74 Å². The van der Waals surface area contributed by atoms with E-state index in [1.807, 2.05) is 0 Å². The number of benzene rings is 1. The van der Waals surface area contributed by atoms with Gasteiger partial charge in [0, 0.05) is 19.6 Å². The Bertz CT molecular complexity index is 980. The Morgan fingerprint density at radius 3 is 2.67 bits per heavy atom. The minimum absolute atomic E-state index is 0.0501. The Balaban J connectivity index is 1.50. The van der Waals surface area contributed by atoms with Crippen molar-refractivity contribution in [1.82, 2.24) is 14.6 Å². The number of nitrogens with zero attached hydrogens (tertiary/aromatic N) is 2. The molecule has 0 spiro atoms. The molecule has 0 bridgehead atoms. The molecule has 2 heterocycles. The minimum Gasteiger partial charge on any atom is -0.477 e. The Kier molecular flexibility index (Phi) is 8.53. The second-order valence-corrected chi connectivity index (χ2v) is 8.60. The smallest absolute Gasteiger partial charge is 0.344 e. The predicted molar refractivity (Wildman–Crippen MR) is 118 cm³/mol. The van der Waals surface area contributed by atoms with Crippen molar-refractivity contribution in [2.75, 3.05) is 31.5 Å². The van der Waals surface area contributed by atoms with Gasteiger partial charge in [-0.05, 0) is 62.0 Å². The number of nitrogens with one attached hydrogen (secondary N) is 2. The van der Waals surface area contributed by atoms with Crippen molar-refractivity contribution >= 4 is 28.5 Å². The molecule has 1 unspecified atom stereocenters. The molecular formula is C21H26F2N4O5S. The molecule has 1 aromatic heterocycles. The third kappa shape index (κ3) is 6.83. The molecule has 33 heavy (non-hydrogen) atoms. The largest absolute Gasteiger partial charge is 0.477 e. The maximum absolute atomic E-state index is 14.0. The van der Waals surface area contributed by atoms with Crippen LogP contribution < -0.4 is 15.4 Å². The average molecular weight is 485 g/mol. The summed E-state index contributed by atoms with van der Waals surface area (Å²) in [6.07, 6.45) is 2.08. The molecule has 1 atom stereocenters. The number of aliphatic hydroxyl groups is 1. The number of aryl methyl sites for hydroxylation is 1. The fourth-order valence-corrected chi connectivity index (χ4v) is 4.20. The van der Waals surface area contributed by atoms with Gasteiger partial charge in [0.1, 0.15) is 23.2 Å². The van der Waals surface area contributed by atoms with E-state index in [-0.39, 0.29) is 22.5 Å².